The second kappa shape index (κ2) is 9.39. The molecule has 0 bridgehead atoms. The van der Waals surface area contributed by atoms with E-state index in [4.69, 9.17) is 5.73 Å². The van der Waals surface area contributed by atoms with Crippen molar-refractivity contribution in [2.45, 2.75) is 19.4 Å². The molecule has 0 saturated carbocycles. The number of hydrogen-bond donors (Lipinski definition) is 2. The fourth-order valence-corrected chi connectivity index (χ4v) is 3.17. The Morgan fingerprint density at radius 3 is 2.07 bits per heavy atom. The van der Waals surface area contributed by atoms with Gasteiger partial charge in [0.2, 0.25) is 0 Å². The van der Waals surface area contributed by atoms with Gasteiger partial charge >= 0.3 is 0 Å². The Labute approximate surface area is 183 Å². The lowest BCUT2D eigenvalue weighted by molar-refractivity contribution is 0.554. The first-order chi connectivity index (χ1) is 12.0. The zero-order valence-electron chi connectivity index (χ0n) is 15.5. The van der Waals surface area contributed by atoms with Gasteiger partial charge in [-0.25, -0.2) is 0 Å². The first-order valence-corrected chi connectivity index (χ1v) is 8.30. The predicted octanol–water partition coefficient (Wildman–Crippen LogP) is 5.75. The van der Waals surface area contributed by atoms with Crippen LogP contribution in [0.5, 0.6) is 0 Å². The molecule has 3 N–H and O–H groups in total. The number of rotatable bonds is 3. The van der Waals surface area contributed by atoms with E-state index >= 15 is 0 Å². The Morgan fingerprint density at radius 1 is 0.821 bits per heavy atom. The highest BCUT2D eigenvalue weighted by Crippen LogP contribution is 2.37. The highest BCUT2D eigenvalue weighted by Gasteiger charge is 2.16. The van der Waals surface area contributed by atoms with Crippen molar-refractivity contribution in [2.75, 3.05) is 0 Å². The lowest BCUT2D eigenvalue weighted by Crippen LogP contribution is -2.28. The van der Waals surface area contributed by atoms with Crippen molar-refractivity contribution in [3.05, 3.63) is 72.7 Å². The molecule has 0 amide bonds. The number of hydrogen-bond acceptors (Lipinski definition) is 3. The van der Waals surface area contributed by atoms with E-state index < -0.39 is 0 Å². The zero-order chi connectivity index (χ0) is 17.4. The maximum absolute atomic E-state index is 6.21. The van der Waals surface area contributed by atoms with Crippen LogP contribution in [-0.4, -0.2) is 15.2 Å². The fourth-order valence-electron chi connectivity index (χ4n) is 3.17. The summed E-state index contributed by atoms with van der Waals surface area (Å²) < 4.78 is 0. The number of nitrogens with two attached hydrogens (primary N) is 1. The molecule has 28 heavy (non-hydrogen) atoms. The lowest BCUT2D eigenvalue weighted by atomic mass is 9.89. The molecule has 0 radical (unpaired) electrons. The number of fused-ring (bicyclic) bond motifs is 1. The normalized spacial score (nSPS) is 10.5. The van der Waals surface area contributed by atoms with Crippen molar-refractivity contribution >= 4 is 48.1 Å². The van der Waals surface area contributed by atoms with Crippen LogP contribution < -0.4 is 5.73 Å². The van der Waals surface area contributed by atoms with Crippen LogP contribution in [0.25, 0.3) is 33.2 Å². The first-order valence-electron chi connectivity index (χ1n) is 8.30. The fraction of sp³-hybridized carbons (Fsp3) is 0.143. The summed E-state index contributed by atoms with van der Waals surface area (Å²) in [6, 6.07) is 16.7. The quantitative estimate of drug-likeness (QED) is 0.429. The summed E-state index contributed by atoms with van der Waals surface area (Å²) >= 11 is 0. The van der Waals surface area contributed by atoms with E-state index in [1.807, 2.05) is 44.6 Å². The summed E-state index contributed by atoms with van der Waals surface area (Å²) in [5.41, 5.74) is 12.6. The molecule has 2 aromatic carbocycles. The maximum Gasteiger partial charge on any atom is 0.0657 e. The van der Waals surface area contributed by atoms with E-state index in [-0.39, 0.29) is 42.8 Å². The third-order valence-electron chi connectivity index (χ3n) is 4.53. The Balaban J connectivity index is 0.00000131. The van der Waals surface area contributed by atoms with Crippen molar-refractivity contribution in [3.8, 4) is 22.3 Å². The SMILES string of the molecule is CC(C)(N)c1ccc(-c2ccc3[nH]ncc3c2-c2ccncc2)cc1.Cl.Cl.Cl. The van der Waals surface area contributed by atoms with E-state index in [0.29, 0.717) is 0 Å². The molecule has 148 valence electrons. The van der Waals surface area contributed by atoms with Gasteiger partial charge < -0.3 is 5.73 Å². The number of aromatic nitrogens is 3. The third kappa shape index (κ3) is 4.47. The van der Waals surface area contributed by atoms with Crippen LogP contribution >= 0.6 is 37.2 Å². The van der Waals surface area contributed by atoms with Gasteiger partial charge in [-0.15, -0.1) is 37.2 Å². The van der Waals surface area contributed by atoms with Gasteiger partial charge in [-0.3, -0.25) is 10.1 Å². The molecule has 0 atom stereocenters. The first kappa shape index (κ1) is 23.9. The molecule has 2 aromatic heterocycles. The molecule has 4 rings (SSSR count). The van der Waals surface area contributed by atoms with Crippen LogP contribution in [0.2, 0.25) is 0 Å². The van der Waals surface area contributed by atoms with E-state index in [0.717, 1.165) is 33.2 Å². The Bertz CT molecular complexity index is 1020. The van der Waals surface area contributed by atoms with Gasteiger partial charge in [0.25, 0.3) is 0 Å². The number of benzene rings is 2. The molecule has 0 fully saturated rings. The summed E-state index contributed by atoms with van der Waals surface area (Å²) in [7, 11) is 0. The van der Waals surface area contributed by atoms with Crippen molar-refractivity contribution in [2.24, 2.45) is 5.73 Å². The van der Waals surface area contributed by atoms with Gasteiger partial charge in [-0.05, 0) is 54.3 Å². The summed E-state index contributed by atoms with van der Waals surface area (Å²) in [6.07, 6.45) is 5.52. The topological polar surface area (TPSA) is 67.6 Å². The van der Waals surface area contributed by atoms with Crippen LogP contribution in [0.1, 0.15) is 19.4 Å². The largest absolute Gasteiger partial charge is 0.322 e. The summed E-state index contributed by atoms with van der Waals surface area (Å²) in [5.74, 6) is 0. The van der Waals surface area contributed by atoms with Crippen LogP contribution in [0, 0.1) is 0 Å². The Hall–Kier alpha value is -2.11. The number of nitrogens with one attached hydrogen (secondary N) is 1. The van der Waals surface area contributed by atoms with E-state index in [2.05, 4.69) is 51.6 Å². The molecular weight excluding hydrogens is 415 g/mol. The molecule has 0 aliphatic rings. The predicted molar refractivity (Wildman–Crippen MR) is 124 cm³/mol. The molecule has 0 saturated heterocycles. The highest BCUT2D eigenvalue weighted by molar-refractivity contribution is 6.02. The Morgan fingerprint density at radius 2 is 1.46 bits per heavy atom. The number of halogens is 3. The Kier molecular flexibility index (Phi) is 8.03. The average molecular weight is 438 g/mol. The number of nitrogens with zero attached hydrogens (tertiary/aromatic N) is 2. The summed E-state index contributed by atoms with van der Waals surface area (Å²) in [6.45, 7) is 4.03. The van der Waals surface area contributed by atoms with Crippen molar-refractivity contribution in [1.29, 1.82) is 0 Å². The zero-order valence-corrected chi connectivity index (χ0v) is 18.0. The average Bonchev–Trinajstić information content (AvgIpc) is 3.09. The second-order valence-corrected chi connectivity index (χ2v) is 6.85. The molecule has 4 nitrogen and oxygen atoms in total. The van der Waals surface area contributed by atoms with Crippen LogP contribution in [0.4, 0.5) is 0 Å². The van der Waals surface area contributed by atoms with E-state index in [1.54, 1.807) is 0 Å². The van der Waals surface area contributed by atoms with Gasteiger partial charge in [0, 0.05) is 28.9 Å². The molecule has 0 unspecified atom stereocenters. The van der Waals surface area contributed by atoms with Gasteiger partial charge in [0.1, 0.15) is 0 Å². The number of H-pyrrole nitrogens is 1. The standard InChI is InChI=1S/C21H20N4.3ClH/c1-21(2,22)16-5-3-14(4-6-16)17-7-8-19-18(13-24-25-19)20(17)15-9-11-23-12-10-15;;;/h3-13H,22H2,1-2H3,(H,24,25);3*1H. The van der Waals surface area contributed by atoms with Crippen LogP contribution in [-0.2, 0) is 5.54 Å². The highest BCUT2D eigenvalue weighted by atomic mass is 35.5. The third-order valence-corrected chi connectivity index (χ3v) is 4.53. The number of aromatic amines is 1. The van der Waals surface area contributed by atoms with Gasteiger partial charge in [-0.1, -0.05) is 30.3 Å². The summed E-state index contributed by atoms with van der Waals surface area (Å²) in [4.78, 5) is 4.14. The molecule has 2 heterocycles. The molecule has 0 aliphatic heterocycles. The molecule has 0 spiro atoms. The van der Waals surface area contributed by atoms with E-state index in [9.17, 15) is 0 Å². The van der Waals surface area contributed by atoms with Gasteiger partial charge in [0.05, 0.1) is 11.7 Å². The van der Waals surface area contributed by atoms with E-state index in [1.165, 1.54) is 5.56 Å². The van der Waals surface area contributed by atoms with Crippen LogP contribution in [0.15, 0.2) is 67.1 Å². The maximum atomic E-state index is 6.21. The minimum absolute atomic E-state index is 0. The van der Waals surface area contributed by atoms with Gasteiger partial charge in [-0.2, -0.15) is 5.10 Å². The molecule has 0 aliphatic carbocycles. The second-order valence-electron chi connectivity index (χ2n) is 6.85. The van der Waals surface area contributed by atoms with Crippen molar-refractivity contribution in [3.63, 3.8) is 0 Å². The van der Waals surface area contributed by atoms with Crippen LogP contribution in [0.3, 0.4) is 0 Å². The van der Waals surface area contributed by atoms with Gasteiger partial charge in [0.15, 0.2) is 0 Å². The van der Waals surface area contributed by atoms with Crippen molar-refractivity contribution in [1.82, 2.24) is 15.2 Å². The summed E-state index contributed by atoms with van der Waals surface area (Å²) in [5, 5.41) is 8.37. The van der Waals surface area contributed by atoms with Crippen molar-refractivity contribution < 1.29 is 0 Å². The minimum Gasteiger partial charge on any atom is -0.322 e. The minimum atomic E-state index is -0.346. The lowest BCUT2D eigenvalue weighted by Gasteiger charge is -2.20. The molecular formula is C21H23Cl3N4. The smallest absolute Gasteiger partial charge is 0.0657 e. The molecule has 7 heteroatoms. The molecule has 4 aromatic rings. The number of pyridine rings is 1. The monoisotopic (exact) mass is 436 g/mol.